The summed E-state index contributed by atoms with van der Waals surface area (Å²) in [6.45, 7) is 0.818. The molecule has 1 rings (SSSR count). The molecule has 5 atom stereocenters. The second-order valence-corrected chi connectivity index (χ2v) is 4.71. The van der Waals surface area contributed by atoms with Crippen molar-refractivity contribution >= 4 is 5.97 Å². The van der Waals surface area contributed by atoms with Crippen LogP contribution in [0.5, 0.6) is 0 Å². The lowest BCUT2D eigenvalue weighted by Crippen LogP contribution is -2.55. The van der Waals surface area contributed by atoms with Crippen molar-refractivity contribution in [1.82, 2.24) is 0 Å². The van der Waals surface area contributed by atoms with E-state index in [0.29, 0.717) is 0 Å². The predicted octanol–water partition coefficient (Wildman–Crippen LogP) is -1.83. The summed E-state index contributed by atoms with van der Waals surface area (Å²) in [5.41, 5.74) is -1.37. The van der Waals surface area contributed by atoms with Crippen molar-refractivity contribution in [2.24, 2.45) is 0 Å². The van der Waals surface area contributed by atoms with E-state index in [1.165, 1.54) is 14.0 Å². The highest BCUT2D eigenvalue weighted by Crippen LogP contribution is 2.32. The van der Waals surface area contributed by atoms with Crippen LogP contribution in [0.25, 0.3) is 0 Å². The fraction of sp³-hybridized carbons (Fsp3) is 0.909. The molecule has 0 bridgehead atoms. The van der Waals surface area contributed by atoms with Gasteiger partial charge < -0.3 is 29.9 Å². The number of carbonyl (C=O) groups excluding carboxylic acids is 1. The maximum absolute atomic E-state index is 11.6. The van der Waals surface area contributed by atoms with Crippen molar-refractivity contribution in [2.75, 3.05) is 13.7 Å². The Bertz CT molecular complexity index is 295. The number of ether oxygens (including phenoxy) is 2. The molecule has 7 heteroatoms. The van der Waals surface area contributed by atoms with E-state index in [4.69, 9.17) is 9.84 Å². The zero-order valence-electron chi connectivity index (χ0n) is 10.4. The first kappa shape index (κ1) is 15.3. The highest BCUT2D eigenvalue weighted by atomic mass is 16.6. The summed E-state index contributed by atoms with van der Waals surface area (Å²) in [7, 11) is 1.20. The minimum Gasteiger partial charge on any atom is -0.467 e. The van der Waals surface area contributed by atoms with Crippen LogP contribution < -0.4 is 0 Å². The summed E-state index contributed by atoms with van der Waals surface area (Å²) in [6, 6.07) is 0. The minimum atomic E-state index is -1.39. The Morgan fingerprint density at radius 3 is 2.67 bits per heavy atom. The van der Waals surface area contributed by atoms with Crippen LogP contribution in [0.3, 0.4) is 0 Å². The Labute approximate surface area is 105 Å². The van der Waals surface area contributed by atoms with Gasteiger partial charge in [0.2, 0.25) is 0 Å². The summed E-state index contributed by atoms with van der Waals surface area (Å²) >= 11 is 0. The molecular weight excluding hydrogens is 244 g/mol. The van der Waals surface area contributed by atoms with Crippen LogP contribution >= 0.6 is 0 Å². The molecule has 0 spiro atoms. The third kappa shape index (κ3) is 3.18. The maximum Gasteiger partial charge on any atom is 0.337 e. The number of methoxy groups -OCH3 is 1. The quantitative estimate of drug-likeness (QED) is 0.441. The molecular formula is C11H20O7. The molecule has 1 heterocycles. The zero-order valence-corrected chi connectivity index (χ0v) is 10.4. The van der Waals surface area contributed by atoms with Crippen LogP contribution in [-0.2, 0) is 14.3 Å². The van der Waals surface area contributed by atoms with Gasteiger partial charge in [-0.1, -0.05) is 0 Å². The molecule has 1 aliphatic heterocycles. The van der Waals surface area contributed by atoms with Crippen LogP contribution in [0, 0.1) is 0 Å². The summed E-state index contributed by atoms with van der Waals surface area (Å²) in [5, 5.41) is 37.6. The van der Waals surface area contributed by atoms with E-state index >= 15 is 0 Å². The van der Waals surface area contributed by atoms with Gasteiger partial charge in [0.1, 0.15) is 12.2 Å². The van der Waals surface area contributed by atoms with Crippen molar-refractivity contribution in [3.63, 3.8) is 0 Å². The number of carbonyl (C=O) groups is 1. The van der Waals surface area contributed by atoms with Gasteiger partial charge in [-0.05, 0) is 6.92 Å². The third-order valence-corrected chi connectivity index (χ3v) is 3.12. The van der Waals surface area contributed by atoms with Crippen molar-refractivity contribution in [1.29, 1.82) is 0 Å². The van der Waals surface area contributed by atoms with E-state index < -0.39 is 42.6 Å². The van der Waals surface area contributed by atoms with E-state index in [9.17, 15) is 20.1 Å². The average Bonchev–Trinajstić information content (AvgIpc) is 2.34. The van der Waals surface area contributed by atoms with Gasteiger partial charge in [0.25, 0.3) is 0 Å². The fourth-order valence-corrected chi connectivity index (χ4v) is 2.14. The van der Waals surface area contributed by atoms with Gasteiger partial charge in [-0.25, -0.2) is 4.79 Å². The van der Waals surface area contributed by atoms with Crippen molar-refractivity contribution in [3.8, 4) is 0 Å². The summed E-state index contributed by atoms with van der Waals surface area (Å²) < 4.78 is 10.0. The standard InChI is InChI=1S/C11H20O7/c1-11(10(16)17-2)4-6(13)3-8(18-11)9(15)7(14)5-12/h6-9,12-15H,3-5H2,1-2H3. The number of aliphatic hydroxyl groups is 4. The van der Waals surface area contributed by atoms with Crippen molar-refractivity contribution in [2.45, 2.75) is 49.8 Å². The molecule has 1 saturated heterocycles. The van der Waals surface area contributed by atoms with Gasteiger partial charge in [0.05, 0.1) is 25.9 Å². The number of hydrogen-bond donors (Lipinski definition) is 4. The van der Waals surface area contributed by atoms with Crippen LogP contribution in [-0.4, -0.2) is 70.1 Å². The van der Waals surface area contributed by atoms with Gasteiger partial charge in [0, 0.05) is 12.8 Å². The van der Waals surface area contributed by atoms with Gasteiger partial charge in [0.15, 0.2) is 5.60 Å². The number of aliphatic hydroxyl groups excluding tert-OH is 4. The minimum absolute atomic E-state index is 0.0537. The molecule has 1 fully saturated rings. The first-order chi connectivity index (χ1) is 8.34. The molecule has 18 heavy (non-hydrogen) atoms. The number of rotatable bonds is 4. The highest BCUT2D eigenvalue weighted by molar-refractivity contribution is 5.79. The van der Waals surface area contributed by atoms with E-state index in [1.54, 1.807) is 0 Å². The van der Waals surface area contributed by atoms with Gasteiger partial charge in [-0.3, -0.25) is 0 Å². The Kier molecular flexibility index (Phi) is 5.06. The van der Waals surface area contributed by atoms with Crippen molar-refractivity contribution in [3.05, 3.63) is 0 Å². The number of hydrogen-bond acceptors (Lipinski definition) is 7. The molecule has 1 aliphatic rings. The normalized spacial score (nSPS) is 35.9. The fourth-order valence-electron chi connectivity index (χ4n) is 2.14. The van der Waals surface area contributed by atoms with Gasteiger partial charge in [-0.2, -0.15) is 0 Å². The number of esters is 1. The molecule has 0 aromatic heterocycles. The Morgan fingerprint density at radius 1 is 1.56 bits per heavy atom. The molecule has 5 unspecified atom stereocenters. The van der Waals surface area contributed by atoms with Gasteiger partial charge >= 0.3 is 5.97 Å². The molecule has 7 nitrogen and oxygen atoms in total. The molecule has 0 saturated carbocycles. The predicted molar refractivity (Wildman–Crippen MR) is 59.6 cm³/mol. The van der Waals surface area contributed by atoms with Gasteiger partial charge in [-0.15, -0.1) is 0 Å². The van der Waals surface area contributed by atoms with Crippen LogP contribution in [0.15, 0.2) is 0 Å². The van der Waals surface area contributed by atoms with E-state index in [-0.39, 0.29) is 12.8 Å². The van der Waals surface area contributed by atoms with E-state index in [2.05, 4.69) is 4.74 Å². The average molecular weight is 264 g/mol. The van der Waals surface area contributed by atoms with Crippen molar-refractivity contribution < 1.29 is 34.7 Å². The lowest BCUT2D eigenvalue weighted by Gasteiger charge is -2.41. The monoisotopic (exact) mass is 264 g/mol. The largest absolute Gasteiger partial charge is 0.467 e. The molecule has 106 valence electrons. The van der Waals surface area contributed by atoms with Crippen LogP contribution in [0.2, 0.25) is 0 Å². The first-order valence-corrected chi connectivity index (χ1v) is 5.75. The second-order valence-electron chi connectivity index (χ2n) is 4.71. The summed E-state index contributed by atoms with van der Waals surface area (Å²) in [6.07, 6.45) is -4.44. The summed E-state index contributed by atoms with van der Waals surface area (Å²) in [4.78, 5) is 11.6. The Hall–Kier alpha value is -0.730. The second kappa shape index (κ2) is 5.94. The zero-order chi connectivity index (χ0) is 13.9. The lowest BCUT2D eigenvalue weighted by atomic mass is 9.88. The summed E-state index contributed by atoms with van der Waals surface area (Å²) in [5.74, 6) is -0.656. The highest BCUT2D eigenvalue weighted by Gasteiger charge is 2.47. The molecule has 0 aromatic rings. The molecule has 0 amide bonds. The molecule has 4 N–H and O–H groups in total. The smallest absolute Gasteiger partial charge is 0.337 e. The maximum atomic E-state index is 11.6. The van der Waals surface area contributed by atoms with Crippen LogP contribution in [0.1, 0.15) is 19.8 Å². The Balaban J connectivity index is 2.80. The van der Waals surface area contributed by atoms with E-state index in [0.717, 1.165) is 0 Å². The first-order valence-electron chi connectivity index (χ1n) is 5.75. The third-order valence-electron chi connectivity index (χ3n) is 3.12. The SMILES string of the molecule is COC(=O)C1(C)CC(O)CC(C(O)C(O)CO)O1. The van der Waals surface area contributed by atoms with E-state index in [1.807, 2.05) is 0 Å². The molecule has 0 aromatic carbocycles. The molecule has 0 aliphatic carbocycles. The molecule has 0 radical (unpaired) electrons. The topological polar surface area (TPSA) is 116 Å². The lowest BCUT2D eigenvalue weighted by molar-refractivity contribution is -0.217. The van der Waals surface area contributed by atoms with Crippen LogP contribution in [0.4, 0.5) is 0 Å². The Morgan fingerprint density at radius 2 is 2.17 bits per heavy atom.